The summed E-state index contributed by atoms with van der Waals surface area (Å²) in [5.41, 5.74) is 0. The summed E-state index contributed by atoms with van der Waals surface area (Å²) in [6, 6.07) is 0.103. The minimum Gasteiger partial charge on any atom is -0.381 e. The monoisotopic (exact) mass is 214 g/mol. The number of ether oxygens (including phenoxy) is 2. The topological polar surface area (TPSA) is 59.6 Å². The molecule has 15 heavy (non-hydrogen) atoms. The quantitative estimate of drug-likeness (QED) is 0.650. The lowest BCUT2D eigenvalue weighted by atomic mass is 9.89. The van der Waals surface area contributed by atoms with Gasteiger partial charge < -0.3 is 20.1 Å². The average molecular weight is 214 g/mol. The molecule has 0 bridgehead atoms. The van der Waals surface area contributed by atoms with Gasteiger partial charge in [-0.2, -0.15) is 0 Å². The largest absolute Gasteiger partial charge is 0.381 e. The van der Waals surface area contributed by atoms with Crippen LogP contribution < -0.4 is 10.6 Å². The number of amides is 1. The van der Waals surface area contributed by atoms with Crippen LogP contribution in [-0.2, 0) is 14.3 Å². The molecule has 1 aliphatic heterocycles. The van der Waals surface area contributed by atoms with Gasteiger partial charge in [-0.05, 0) is 12.8 Å². The number of nitrogens with one attached hydrogen (secondary N) is 2. The fraction of sp³-hybridized carbons (Fsp3) is 0.900. The molecule has 1 amide bonds. The molecular formula is C10H18N2O3. The molecule has 5 heteroatoms. The van der Waals surface area contributed by atoms with E-state index in [0.29, 0.717) is 19.3 Å². The van der Waals surface area contributed by atoms with Gasteiger partial charge in [0.15, 0.2) is 0 Å². The second-order valence-electron chi connectivity index (χ2n) is 4.12. The van der Waals surface area contributed by atoms with E-state index in [1.807, 2.05) is 0 Å². The van der Waals surface area contributed by atoms with Crippen LogP contribution in [0.1, 0.15) is 12.8 Å². The van der Waals surface area contributed by atoms with Crippen LogP contribution in [0.15, 0.2) is 0 Å². The smallest absolute Gasteiger partial charge is 0.239 e. The molecule has 1 saturated carbocycles. The van der Waals surface area contributed by atoms with Crippen LogP contribution in [0.2, 0.25) is 0 Å². The first-order valence-electron chi connectivity index (χ1n) is 5.44. The van der Waals surface area contributed by atoms with Gasteiger partial charge >= 0.3 is 0 Å². The van der Waals surface area contributed by atoms with Crippen molar-refractivity contribution in [1.82, 2.24) is 10.6 Å². The SMILES string of the molecule is COC1CC(NC(=O)C2COCCN2)C1. The summed E-state index contributed by atoms with van der Waals surface area (Å²) in [7, 11) is 1.71. The Kier molecular flexibility index (Phi) is 3.56. The molecule has 1 saturated heterocycles. The molecule has 0 aromatic heterocycles. The fourth-order valence-electron chi connectivity index (χ4n) is 1.91. The van der Waals surface area contributed by atoms with E-state index in [1.54, 1.807) is 7.11 Å². The zero-order chi connectivity index (χ0) is 10.7. The molecular weight excluding hydrogens is 196 g/mol. The zero-order valence-electron chi connectivity index (χ0n) is 8.99. The summed E-state index contributed by atoms with van der Waals surface area (Å²) < 4.78 is 10.4. The first kappa shape index (κ1) is 10.9. The maximum Gasteiger partial charge on any atom is 0.239 e. The van der Waals surface area contributed by atoms with E-state index in [0.717, 1.165) is 19.4 Å². The van der Waals surface area contributed by atoms with E-state index in [-0.39, 0.29) is 18.0 Å². The van der Waals surface area contributed by atoms with Crippen LogP contribution in [0.3, 0.4) is 0 Å². The highest BCUT2D eigenvalue weighted by atomic mass is 16.5. The summed E-state index contributed by atoms with van der Waals surface area (Å²) in [6.45, 7) is 1.93. The third kappa shape index (κ3) is 2.68. The lowest BCUT2D eigenvalue weighted by molar-refractivity contribution is -0.128. The van der Waals surface area contributed by atoms with Crippen molar-refractivity contribution in [1.29, 1.82) is 0 Å². The van der Waals surface area contributed by atoms with Gasteiger partial charge in [-0.15, -0.1) is 0 Å². The summed E-state index contributed by atoms with van der Waals surface area (Å²) >= 11 is 0. The van der Waals surface area contributed by atoms with Crippen molar-refractivity contribution in [3.8, 4) is 0 Å². The normalized spacial score (nSPS) is 35.7. The Bertz CT molecular complexity index is 223. The lowest BCUT2D eigenvalue weighted by Gasteiger charge is -2.36. The molecule has 2 rings (SSSR count). The minimum absolute atomic E-state index is 0.0502. The maximum absolute atomic E-state index is 11.7. The van der Waals surface area contributed by atoms with E-state index >= 15 is 0 Å². The number of morpholine rings is 1. The molecule has 0 aromatic carbocycles. The Balaban J connectivity index is 1.68. The molecule has 1 atom stereocenters. The molecule has 2 fully saturated rings. The minimum atomic E-state index is -0.180. The van der Waals surface area contributed by atoms with Gasteiger partial charge in [0.1, 0.15) is 6.04 Å². The van der Waals surface area contributed by atoms with E-state index in [2.05, 4.69) is 10.6 Å². The van der Waals surface area contributed by atoms with Crippen LogP contribution in [0, 0.1) is 0 Å². The van der Waals surface area contributed by atoms with Gasteiger partial charge in [-0.25, -0.2) is 0 Å². The zero-order valence-corrected chi connectivity index (χ0v) is 8.99. The van der Waals surface area contributed by atoms with Crippen molar-refractivity contribution in [3.63, 3.8) is 0 Å². The number of rotatable bonds is 3. The van der Waals surface area contributed by atoms with Crippen molar-refractivity contribution >= 4 is 5.91 Å². The molecule has 5 nitrogen and oxygen atoms in total. The maximum atomic E-state index is 11.7. The average Bonchev–Trinajstić information content (AvgIpc) is 2.23. The molecule has 2 aliphatic rings. The van der Waals surface area contributed by atoms with Crippen molar-refractivity contribution in [2.75, 3.05) is 26.9 Å². The van der Waals surface area contributed by atoms with Crippen LogP contribution in [0.5, 0.6) is 0 Å². The van der Waals surface area contributed by atoms with Gasteiger partial charge in [0.25, 0.3) is 0 Å². The Morgan fingerprint density at radius 2 is 2.33 bits per heavy atom. The predicted octanol–water partition coefficient (Wildman–Crippen LogP) is -0.732. The van der Waals surface area contributed by atoms with Crippen molar-refractivity contribution in [2.45, 2.75) is 31.0 Å². The Hall–Kier alpha value is -0.650. The molecule has 86 valence electrons. The highest BCUT2D eigenvalue weighted by Gasteiger charge is 2.32. The molecule has 2 N–H and O–H groups in total. The van der Waals surface area contributed by atoms with E-state index in [1.165, 1.54) is 0 Å². The van der Waals surface area contributed by atoms with Crippen LogP contribution in [-0.4, -0.2) is 51.0 Å². The van der Waals surface area contributed by atoms with Crippen LogP contribution >= 0.6 is 0 Å². The Morgan fingerprint density at radius 3 is 2.93 bits per heavy atom. The highest BCUT2D eigenvalue weighted by Crippen LogP contribution is 2.22. The number of carbonyl (C=O) groups excluding carboxylic acids is 1. The number of hydrogen-bond donors (Lipinski definition) is 2. The van der Waals surface area contributed by atoms with E-state index < -0.39 is 0 Å². The third-order valence-electron chi connectivity index (χ3n) is 3.01. The lowest BCUT2D eigenvalue weighted by Crippen LogP contribution is -2.56. The Labute approximate surface area is 89.5 Å². The first-order valence-corrected chi connectivity index (χ1v) is 5.44. The van der Waals surface area contributed by atoms with Crippen molar-refractivity contribution in [3.05, 3.63) is 0 Å². The molecule has 0 aromatic rings. The van der Waals surface area contributed by atoms with Crippen molar-refractivity contribution < 1.29 is 14.3 Å². The first-order chi connectivity index (χ1) is 7.29. The molecule has 0 spiro atoms. The number of hydrogen-bond acceptors (Lipinski definition) is 4. The second-order valence-corrected chi connectivity index (χ2v) is 4.12. The van der Waals surface area contributed by atoms with Crippen molar-refractivity contribution in [2.24, 2.45) is 0 Å². The highest BCUT2D eigenvalue weighted by molar-refractivity contribution is 5.82. The number of methoxy groups -OCH3 is 1. The summed E-state index contributed by atoms with van der Waals surface area (Å²) in [4.78, 5) is 11.7. The third-order valence-corrected chi connectivity index (χ3v) is 3.01. The van der Waals surface area contributed by atoms with E-state index in [4.69, 9.17) is 9.47 Å². The molecule has 1 heterocycles. The summed E-state index contributed by atoms with van der Waals surface area (Å²) in [5, 5.41) is 6.12. The summed E-state index contributed by atoms with van der Waals surface area (Å²) in [5.74, 6) is 0.0502. The van der Waals surface area contributed by atoms with Gasteiger partial charge in [-0.1, -0.05) is 0 Å². The van der Waals surface area contributed by atoms with Crippen LogP contribution in [0.25, 0.3) is 0 Å². The van der Waals surface area contributed by atoms with Gasteiger partial charge in [0.2, 0.25) is 5.91 Å². The standard InChI is InChI=1S/C10H18N2O3/c1-14-8-4-7(5-8)12-10(13)9-6-15-3-2-11-9/h7-9,11H,2-6H2,1H3,(H,12,13). The fourth-order valence-corrected chi connectivity index (χ4v) is 1.91. The molecule has 1 aliphatic carbocycles. The number of carbonyl (C=O) groups is 1. The summed E-state index contributed by atoms with van der Waals surface area (Å²) in [6.07, 6.45) is 2.18. The van der Waals surface area contributed by atoms with Crippen LogP contribution in [0.4, 0.5) is 0 Å². The van der Waals surface area contributed by atoms with Gasteiger partial charge in [0.05, 0.1) is 19.3 Å². The van der Waals surface area contributed by atoms with E-state index in [9.17, 15) is 4.79 Å². The molecule has 1 unspecified atom stereocenters. The molecule has 0 radical (unpaired) electrons. The van der Waals surface area contributed by atoms with Gasteiger partial charge in [0, 0.05) is 19.7 Å². The Morgan fingerprint density at radius 1 is 1.53 bits per heavy atom. The second kappa shape index (κ2) is 4.92. The van der Waals surface area contributed by atoms with Gasteiger partial charge in [-0.3, -0.25) is 4.79 Å². The predicted molar refractivity (Wildman–Crippen MR) is 54.6 cm³/mol.